The number of anilines is 1. The van der Waals surface area contributed by atoms with E-state index in [0.717, 1.165) is 12.5 Å². The van der Waals surface area contributed by atoms with Crippen molar-refractivity contribution < 1.29 is 23.4 Å². The molecule has 2 N–H and O–H groups in total. The Morgan fingerprint density at radius 1 is 1.06 bits per heavy atom. The summed E-state index contributed by atoms with van der Waals surface area (Å²) in [5.74, 6) is -2.55. The van der Waals surface area contributed by atoms with Crippen molar-refractivity contribution in [2.24, 2.45) is 5.92 Å². The zero-order chi connectivity index (χ0) is 25.5. The van der Waals surface area contributed by atoms with Crippen LogP contribution < -0.4 is 10.1 Å². The highest BCUT2D eigenvalue weighted by atomic mass is 19.3. The van der Waals surface area contributed by atoms with Gasteiger partial charge in [0.15, 0.2) is 0 Å². The molecule has 1 heterocycles. The summed E-state index contributed by atoms with van der Waals surface area (Å²) < 4.78 is 33.9. The predicted molar refractivity (Wildman–Crippen MR) is 134 cm³/mol. The molecule has 2 aromatic carbocycles. The lowest BCUT2D eigenvalue weighted by atomic mass is 9.90. The number of hydrogen-bond acceptors (Lipinski definition) is 5. The first-order chi connectivity index (χ1) is 17.3. The monoisotopic (exact) mass is 495 g/mol. The van der Waals surface area contributed by atoms with Crippen LogP contribution in [-0.4, -0.2) is 33.7 Å². The maximum Gasteiger partial charge on any atom is 0.298 e. The molecule has 1 aromatic heterocycles. The topological polar surface area (TPSA) is 84.3 Å². The number of halogens is 2. The molecule has 1 amide bonds. The smallest absolute Gasteiger partial charge is 0.298 e. The van der Waals surface area contributed by atoms with Crippen molar-refractivity contribution in [1.82, 2.24) is 9.97 Å². The molecule has 0 spiro atoms. The summed E-state index contributed by atoms with van der Waals surface area (Å²) in [4.78, 5) is 21.3. The fourth-order valence-corrected chi connectivity index (χ4v) is 4.37. The van der Waals surface area contributed by atoms with Crippen LogP contribution in [0.25, 0.3) is 11.3 Å². The van der Waals surface area contributed by atoms with Crippen molar-refractivity contribution in [3.8, 4) is 17.1 Å². The van der Waals surface area contributed by atoms with E-state index >= 15 is 0 Å². The number of aliphatic hydroxyl groups excluding tert-OH is 1. The number of carbonyl (C=O) groups excluding carboxylic acids is 1. The number of alkyl halides is 2. The van der Waals surface area contributed by atoms with Crippen LogP contribution in [0.4, 0.5) is 14.5 Å². The average molecular weight is 496 g/mol. The molecule has 1 unspecified atom stereocenters. The fourth-order valence-electron chi connectivity index (χ4n) is 4.37. The number of nitrogens with one attached hydrogen (secondary N) is 1. The van der Waals surface area contributed by atoms with Crippen molar-refractivity contribution in [3.05, 3.63) is 72.1 Å². The van der Waals surface area contributed by atoms with Crippen LogP contribution in [0.2, 0.25) is 0 Å². The van der Waals surface area contributed by atoms with Crippen molar-refractivity contribution in [2.75, 3.05) is 11.9 Å². The van der Waals surface area contributed by atoms with E-state index in [9.17, 15) is 18.7 Å². The van der Waals surface area contributed by atoms with Crippen LogP contribution in [-0.2, 0) is 17.1 Å². The van der Waals surface area contributed by atoms with Gasteiger partial charge in [0.05, 0.1) is 13.0 Å². The highest BCUT2D eigenvalue weighted by Crippen LogP contribution is 2.32. The van der Waals surface area contributed by atoms with Gasteiger partial charge in [0.1, 0.15) is 11.8 Å². The van der Waals surface area contributed by atoms with Crippen molar-refractivity contribution >= 4 is 11.6 Å². The van der Waals surface area contributed by atoms with Gasteiger partial charge in [0.25, 0.3) is 5.92 Å². The van der Waals surface area contributed by atoms with Gasteiger partial charge in [0, 0.05) is 29.2 Å². The van der Waals surface area contributed by atoms with Gasteiger partial charge in [-0.15, -0.1) is 0 Å². The Hall–Kier alpha value is -3.39. The van der Waals surface area contributed by atoms with Gasteiger partial charge in [-0.3, -0.25) is 4.79 Å². The zero-order valence-corrected chi connectivity index (χ0v) is 20.3. The van der Waals surface area contributed by atoms with Gasteiger partial charge in [-0.25, -0.2) is 9.97 Å². The van der Waals surface area contributed by atoms with Gasteiger partial charge >= 0.3 is 0 Å². The Balaban J connectivity index is 1.35. The summed E-state index contributed by atoms with van der Waals surface area (Å²) >= 11 is 0. The van der Waals surface area contributed by atoms with E-state index in [2.05, 4.69) is 15.3 Å². The largest absolute Gasteiger partial charge is 0.476 e. The lowest BCUT2D eigenvalue weighted by Crippen LogP contribution is -2.27. The molecule has 1 aliphatic rings. The second-order valence-corrected chi connectivity index (χ2v) is 9.32. The molecule has 0 saturated heterocycles. The first-order valence-corrected chi connectivity index (χ1v) is 12.3. The van der Waals surface area contributed by atoms with E-state index in [1.807, 2.05) is 12.1 Å². The number of rotatable bonds is 9. The molecule has 1 fully saturated rings. The second kappa shape index (κ2) is 11.6. The minimum Gasteiger partial charge on any atom is -0.476 e. The molecular formula is C28H31F2N3O3. The lowest BCUT2D eigenvalue weighted by molar-refractivity contribution is -0.115. The van der Waals surface area contributed by atoms with Gasteiger partial charge in [-0.1, -0.05) is 55.7 Å². The molecule has 1 atom stereocenters. The van der Waals surface area contributed by atoms with Crippen molar-refractivity contribution in [2.45, 2.75) is 57.5 Å². The molecule has 0 bridgehead atoms. The van der Waals surface area contributed by atoms with E-state index in [0.29, 0.717) is 35.3 Å². The molecule has 8 heteroatoms. The minimum atomic E-state index is -3.34. The summed E-state index contributed by atoms with van der Waals surface area (Å²) in [6.07, 6.45) is 7.64. The third kappa shape index (κ3) is 6.43. The Morgan fingerprint density at radius 2 is 1.72 bits per heavy atom. The van der Waals surface area contributed by atoms with E-state index in [-0.39, 0.29) is 17.9 Å². The van der Waals surface area contributed by atoms with Crippen LogP contribution in [0.15, 0.2) is 60.9 Å². The van der Waals surface area contributed by atoms with Crippen LogP contribution in [0, 0.1) is 5.92 Å². The van der Waals surface area contributed by atoms with Crippen molar-refractivity contribution in [1.29, 1.82) is 0 Å². The highest BCUT2D eigenvalue weighted by Gasteiger charge is 2.37. The standard InChI is InChI=1S/C28H31F2N3O3/c1-19(34)28(29,30)23-11-7-20(8-12-23)17-25(35)33-24-13-9-22(10-14-24)26-27(32-16-15-31-26)36-18-21-5-3-2-4-6-21/h7-16,19,21,34H,2-6,17-18H2,1H3,(H,33,35). The SMILES string of the molecule is CC(O)C(F)(F)c1ccc(CC(=O)Nc2ccc(-c3nccnc3OCC3CCCCC3)cc2)cc1. The molecular weight excluding hydrogens is 464 g/mol. The van der Waals surface area contributed by atoms with E-state index in [1.165, 1.54) is 56.4 Å². The Labute approximate surface area is 209 Å². The minimum absolute atomic E-state index is 0.0333. The molecule has 36 heavy (non-hydrogen) atoms. The Kier molecular flexibility index (Phi) is 8.25. The normalized spacial score (nSPS) is 15.3. The highest BCUT2D eigenvalue weighted by molar-refractivity contribution is 5.92. The average Bonchev–Trinajstić information content (AvgIpc) is 2.89. The van der Waals surface area contributed by atoms with Crippen molar-refractivity contribution in [3.63, 3.8) is 0 Å². The van der Waals surface area contributed by atoms with E-state index < -0.39 is 12.0 Å². The number of benzene rings is 2. The number of nitrogens with zero attached hydrogens (tertiary/aromatic N) is 2. The van der Waals surface area contributed by atoms with Gasteiger partial charge < -0.3 is 15.2 Å². The summed E-state index contributed by atoms with van der Waals surface area (Å²) in [5, 5.41) is 12.1. The fraction of sp³-hybridized carbons (Fsp3) is 0.393. The maximum atomic E-state index is 13.9. The predicted octanol–water partition coefficient (Wildman–Crippen LogP) is 5.76. The summed E-state index contributed by atoms with van der Waals surface area (Å²) in [6, 6.07) is 12.7. The first-order valence-electron chi connectivity index (χ1n) is 12.3. The van der Waals surface area contributed by atoms with Crippen LogP contribution in [0.5, 0.6) is 5.88 Å². The van der Waals surface area contributed by atoms with Gasteiger partial charge in [0.2, 0.25) is 11.8 Å². The van der Waals surface area contributed by atoms with Gasteiger partial charge in [-0.2, -0.15) is 8.78 Å². The number of carbonyl (C=O) groups is 1. The molecule has 1 aliphatic carbocycles. The number of aromatic nitrogens is 2. The number of aliphatic hydroxyl groups is 1. The maximum absolute atomic E-state index is 13.9. The molecule has 4 rings (SSSR count). The van der Waals surface area contributed by atoms with E-state index in [4.69, 9.17) is 4.74 Å². The van der Waals surface area contributed by atoms with Crippen LogP contribution in [0.3, 0.4) is 0 Å². The molecule has 0 aliphatic heterocycles. The number of ether oxygens (including phenoxy) is 1. The molecule has 0 radical (unpaired) electrons. The number of amides is 1. The van der Waals surface area contributed by atoms with Crippen LogP contribution >= 0.6 is 0 Å². The zero-order valence-electron chi connectivity index (χ0n) is 20.3. The quantitative estimate of drug-likeness (QED) is 0.395. The molecule has 1 saturated carbocycles. The Morgan fingerprint density at radius 3 is 2.39 bits per heavy atom. The molecule has 6 nitrogen and oxygen atoms in total. The first kappa shape index (κ1) is 25.7. The third-order valence-electron chi connectivity index (χ3n) is 6.52. The molecule has 3 aromatic rings. The molecule has 190 valence electrons. The summed E-state index contributed by atoms with van der Waals surface area (Å²) in [6.45, 7) is 1.68. The van der Waals surface area contributed by atoms with Gasteiger partial charge in [-0.05, 0) is 43.4 Å². The number of hydrogen-bond donors (Lipinski definition) is 2. The second-order valence-electron chi connectivity index (χ2n) is 9.32. The lowest BCUT2D eigenvalue weighted by Gasteiger charge is -2.21. The Bertz CT molecular complexity index is 1150. The summed E-state index contributed by atoms with van der Waals surface area (Å²) in [5.41, 5.74) is 2.39. The third-order valence-corrected chi connectivity index (χ3v) is 6.52. The summed E-state index contributed by atoms with van der Waals surface area (Å²) in [7, 11) is 0. The van der Waals surface area contributed by atoms with E-state index in [1.54, 1.807) is 24.5 Å². The van der Waals surface area contributed by atoms with Crippen LogP contribution in [0.1, 0.15) is 50.2 Å².